The maximum atomic E-state index is 14.5. The molecule has 2 fully saturated rings. The summed E-state index contributed by atoms with van der Waals surface area (Å²) in [7, 11) is 1.02. The van der Waals surface area contributed by atoms with Gasteiger partial charge in [-0.15, -0.1) is 0 Å². The molecule has 2 aliphatic heterocycles. The molecule has 0 bridgehead atoms. The van der Waals surface area contributed by atoms with Crippen molar-refractivity contribution >= 4 is 17.7 Å². The maximum Gasteiger partial charge on any atom is 0.257 e. The lowest BCUT2D eigenvalue weighted by atomic mass is 10.1. The summed E-state index contributed by atoms with van der Waals surface area (Å²) in [6.45, 7) is 5.34. The molecule has 2 aliphatic rings. The molecule has 0 atom stereocenters. The van der Waals surface area contributed by atoms with E-state index in [0.717, 1.165) is 44.6 Å². The van der Waals surface area contributed by atoms with Gasteiger partial charge in [0, 0.05) is 51.0 Å². The van der Waals surface area contributed by atoms with Gasteiger partial charge in [-0.3, -0.25) is 4.79 Å². The average molecular weight is 435 g/mol. The number of methoxy groups -OCH3 is 1. The highest BCUT2D eigenvalue weighted by Crippen LogP contribution is 2.28. The maximum absolute atomic E-state index is 14.5. The normalized spacial score (nSPS) is 16.7. The van der Waals surface area contributed by atoms with Crippen molar-refractivity contribution < 1.29 is 22.7 Å². The number of rotatable bonds is 4. The summed E-state index contributed by atoms with van der Waals surface area (Å²) < 4.78 is 46.6. The number of piperazine rings is 1. The third kappa shape index (κ3) is 4.11. The molecule has 3 heterocycles. The number of anilines is 2. The minimum absolute atomic E-state index is 0.293. The number of amides is 1. The number of carbonyl (C=O) groups excluding carboxylic acids is 1. The topological polar surface area (TPSA) is 61.8 Å². The Morgan fingerprint density at radius 3 is 2.26 bits per heavy atom. The van der Waals surface area contributed by atoms with Crippen LogP contribution in [0.1, 0.15) is 28.9 Å². The minimum atomic E-state index is -1.45. The molecule has 0 aliphatic carbocycles. The van der Waals surface area contributed by atoms with E-state index < -0.39 is 34.7 Å². The predicted molar refractivity (Wildman–Crippen MR) is 109 cm³/mol. The Morgan fingerprint density at radius 1 is 0.935 bits per heavy atom. The summed E-state index contributed by atoms with van der Waals surface area (Å²) >= 11 is 0. The Kier molecular flexibility index (Phi) is 5.88. The Bertz CT molecular complexity index is 989. The number of hydrogen-bond acceptors (Lipinski definition) is 6. The zero-order valence-corrected chi connectivity index (χ0v) is 17.5. The van der Waals surface area contributed by atoms with Crippen LogP contribution in [0.5, 0.6) is 5.75 Å². The molecule has 1 aromatic heterocycles. The highest BCUT2D eigenvalue weighted by molar-refractivity contribution is 5.95. The SMILES string of the molecule is COc1c(F)c(F)cc(C(=O)N2CCN(c3cc(C)nc(N4CCCC4)n3)CC2)c1F. The largest absolute Gasteiger partial charge is 0.491 e. The third-order valence-corrected chi connectivity index (χ3v) is 5.66. The summed E-state index contributed by atoms with van der Waals surface area (Å²) in [6, 6.07) is 2.48. The quantitative estimate of drug-likeness (QED) is 0.689. The Hall–Kier alpha value is -3.04. The van der Waals surface area contributed by atoms with Gasteiger partial charge in [-0.05, 0) is 25.8 Å². The second-order valence-corrected chi connectivity index (χ2v) is 7.71. The van der Waals surface area contributed by atoms with Crippen LogP contribution in [-0.4, -0.2) is 67.2 Å². The van der Waals surface area contributed by atoms with Crippen LogP contribution in [0.25, 0.3) is 0 Å². The predicted octanol–water partition coefficient (Wildman–Crippen LogP) is 2.77. The van der Waals surface area contributed by atoms with Crippen molar-refractivity contribution in [1.82, 2.24) is 14.9 Å². The van der Waals surface area contributed by atoms with Crippen molar-refractivity contribution in [1.29, 1.82) is 0 Å². The molecule has 0 unspecified atom stereocenters. The second kappa shape index (κ2) is 8.60. The lowest BCUT2D eigenvalue weighted by Crippen LogP contribution is -2.49. The summed E-state index contributed by atoms with van der Waals surface area (Å²) in [5.41, 5.74) is 0.319. The molecule has 7 nitrogen and oxygen atoms in total. The van der Waals surface area contributed by atoms with Crippen LogP contribution in [0.4, 0.5) is 24.9 Å². The number of aromatic nitrogens is 2. The molecule has 2 aromatic rings. The second-order valence-electron chi connectivity index (χ2n) is 7.71. The molecular formula is C21H24F3N5O2. The number of benzene rings is 1. The van der Waals surface area contributed by atoms with Crippen molar-refractivity contribution in [2.75, 3.05) is 56.2 Å². The smallest absolute Gasteiger partial charge is 0.257 e. The monoisotopic (exact) mass is 435 g/mol. The number of aryl methyl sites for hydroxylation is 1. The van der Waals surface area contributed by atoms with E-state index in [1.165, 1.54) is 4.90 Å². The van der Waals surface area contributed by atoms with Crippen molar-refractivity contribution in [3.05, 3.63) is 40.8 Å². The van der Waals surface area contributed by atoms with E-state index in [-0.39, 0.29) is 0 Å². The Morgan fingerprint density at radius 2 is 1.61 bits per heavy atom. The first kappa shape index (κ1) is 21.2. The van der Waals surface area contributed by atoms with Gasteiger partial charge in [-0.1, -0.05) is 0 Å². The summed E-state index contributed by atoms with van der Waals surface area (Å²) in [5, 5.41) is 0. The molecule has 0 spiro atoms. The number of halogens is 3. The van der Waals surface area contributed by atoms with Crippen molar-refractivity contribution in [3.8, 4) is 5.75 Å². The van der Waals surface area contributed by atoms with Crippen LogP contribution >= 0.6 is 0 Å². The minimum Gasteiger partial charge on any atom is -0.491 e. The van der Waals surface area contributed by atoms with E-state index in [1.807, 2.05) is 17.9 Å². The van der Waals surface area contributed by atoms with Crippen molar-refractivity contribution in [2.24, 2.45) is 0 Å². The molecule has 31 heavy (non-hydrogen) atoms. The number of carbonyl (C=O) groups is 1. The zero-order valence-electron chi connectivity index (χ0n) is 17.5. The molecule has 0 saturated carbocycles. The van der Waals surface area contributed by atoms with Crippen LogP contribution in [0, 0.1) is 24.4 Å². The van der Waals surface area contributed by atoms with Gasteiger partial charge in [0.2, 0.25) is 11.8 Å². The molecule has 2 saturated heterocycles. The summed E-state index contributed by atoms with van der Waals surface area (Å²) in [5.74, 6) is -4.08. The van der Waals surface area contributed by atoms with Crippen molar-refractivity contribution in [2.45, 2.75) is 19.8 Å². The van der Waals surface area contributed by atoms with Gasteiger partial charge in [0.1, 0.15) is 5.82 Å². The van der Waals surface area contributed by atoms with Gasteiger partial charge in [0.15, 0.2) is 17.4 Å². The van der Waals surface area contributed by atoms with Gasteiger partial charge in [-0.2, -0.15) is 9.37 Å². The fourth-order valence-electron chi connectivity index (χ4n) is 3.98. The average Bonchev–Trinajstić information content (AvgIpc) is 3.31. The number of hydrogen-bond donors (Lipinski definition) is 0. The van der Waals surface area contributed by atoms with Crippen molar-refractivity contribution in [3.63, 3.8) is 0 Å². The molecule has 0 N–H and O–H groups in total. The first-order valence-corrected chi connectivity index (χ1v) is 10.3. The molecule has 4 rings (SSSR count). The molecule has 1 amide bonds. The van der Waals surface area contributed by atoms with Gasteiger partial charge in [-0.25, -0.2) is 13.8 Å². The third-order valence-electron chi connectivity index (χ3n) is 5.66. The Labute approximate surface area is 178 Å². The van der Waals surface area contributed by atoms with E-state index in [0.29, 0.717) is 38.2 Å². The molecule has 166 valence electrons. The standard InChI is InChI=1S/C21H24F3N5O2/c1-13-11-16(26-21(25-13)29-5-3-4-6-29)27-7-9-28(10-8-27)20(30)14-12-15(22)18(24)19(31-2)17(14)23/h11-12H,3-10H2,1-2H3. The van der Waals surface area contributed by atoms with Gasteiger partial charge < -0.3 is 19.4 Å². The molecule has 1 aromatic carbocycles. The molecular weight excluding hydrogens is 411 g/mol. The highest BCUT2D eigenvalue weighted by atomic mass is 19.2. The van der Waals surface area contributed by atoms with E-state index in [9.17, 15) is 18.0 Å². The fraction of sp³-hybridized carbons (Fsp3) is 0.476. The first-order chi connectivity index (χ1) is 14.9. The summed E-state index contributed by atoms with van der Waals surface area (Å²) in [4.78, 5) is 27.6. The highest BCUT2D eigenvalue weighted by Gasteiger charge is 2.29. The van der Waals surface area contributed by atoms with E-state index >= 15 is 0 Å². The van der Waals surface area contributed by atoms with Crippen LogP contribution < -0.4 is 14.5 Å². The Balaban J connectivity index is 1.48. The van der Waals surface area contributed by atoms with E-state index in [2.05, 4.69) is 14.6 Å². The molecule has 10 heteroatoms. The van der Waals surface area contributed by atoms with E-state index in [4.69, 9.17) is 4.98 Å². The zero-order chi connectivity index (χ0) is 22.1. The van der Waals surface area contributed by atoms with Gasteiger partial charge in [0.05, 0.1) is 12.7 Å². The number of nitrogens with zero attached hydrogens (tertiary/aromatic N) is 5. The fourth-order valence-corrected chi connectivity index (χ4v) is 3.98. The number of ether oxygens (including phenoxy) is 1. The van der Waals surface area contributed by atoms with E-state index in [1.54, 1.807) is 0 Å². The molecule has 0 radical (unpaired) electrons. The van der Waals surface area contributed by atoms with Crippen LogP contribution in [0.3, 0.4) is 0 Å². The first-order valence-electron chi connectivity index (χ1n) is 10.3. The van der Waals surface area contributed by atoms with Crippen LogP contribution in [0.2, 0.25) is 0 Å². The lowest BCUT2D eigenvalue weighted by Gasteiger charge is -2.36. The van der Waals surface area contributed by atoms with Crippen LogP contribution in [-0.2, 0) is 0 Å². The summed E-state index contributed by atoms with van der Waals surface area (Å²) in [6.07, 6.45) is 2.25. The lowest BCUT2D eigenvalue weighted by molar-refractivity contribution is 0.0740. The van der Waals surface area contributed by atoms with Gasteiger partial charge in [0.25, 0.3) is 5.91 Å². The van der Waals surface area contributed by atoms with Gasteiger partial charge >= 0.3 is 0 Å². The van der Waals surface area contributed by atoms with Crippen LogP contribution in [0.15, 0.2) is 12.1 Å².